The third-order valence-electron chi connectivity index (χ3n) is 4.52. The molecule has 1 aliphatic heterocycles. The fraction of sp³-hybridized carbons (Fsp3) is 0.538. The minimum atomic E-state index is -0.376. The van der Waals surface area contributed by atoms with Crippen LogP contribution in [0.1, 0.15) is 25.7 Å². The third-order valence-corrected chi connectivity index (χ3v) is 5.72. The summed E-state index contributed by atoms with van der Waals surface area (Å²) >= 11 is 7.26. The van der Waals surface area contributed by atoms with Crippen LogP contribution in [0.25, 0.3) is 0 Å². The number of hydrogen-bond acceptors (Lipinski definition) is 4. The molecule has 0 amide bonds. The van der Waals surface area contributed by atoms with E-state index < -0.39 is 0 Å². The van der Waals surface area contributed by atoms with Crippen molar-refractivity contribution in [3.63, 3.8) is 0 Å². The minimum Gasteiger partial charge on any atom is -0.356 e. The molecule has 3 N–H and O–H groups in total. The lowest BCUT2D eigenvalue weighted by Crippen LogP contribution is -2.49. The minimum absolute atomic E-state index is 0.0176. The van der Waals surface area contributed by atoms with Crippen molar-refractivity contribution >= 4 is 29.2 Å². The summed E-state index contributed by atoms with van der Waals surface area (Å²) in [5.41, 5.74) is 1.48. The third kappa shape index (κ3) is 2.03. The molecule has 0 bridgehead atoms. The molecule has 1 aromatic rings. The summed E-state index contributed by atoms with van der Waals surface area (Å²) < 4.78 is 16.6. The Morgan fingerprint density at radius 2 is 2.26 bits per heavy atom. The molecule has 2 fully saturated rings. The zero-order chi connectivity index (χ0) is 13.0. The van der Waals surface area contributed by atoms with Gasteiger partial charge in [0.15, 0.2) is 0 Å². The van der Waals surface area contributed by atoms with Crippen LogP contribution in [0.5, 0.6) is 0 Å². The standard InChI is InChI=1S/C13H15ClFN3S/c14-7-4-9-10(5-8(7)15)19-18-12(16-9)17-11-6-13(11)2-1-3-13/h4-5,11-12,16-18H,1-3,6H2. The second kappa shape index (κ2) is 4.25. The van der Waals surface area contributed by atoms with Gasteiger partial charge in [-0.1, -0.05) is 18.0 Å². The SMILES string of the molecule is Fc1cc2c(cc1Cl)NC(NC1CC13CCC3)NS2. The fourth-order valence-electron chi connectivity index (χ4n) is 3.08. The van der Waals surface area contributed by atoms with Crippen LogP contribution in [-0.2, 0) is 0 Å². The van der Waals surface area contributed by atoms with E-state index in [2.05, 4.69) is 15.4 Å². The van der Waals surface area contributed by atoms with Gasteiger partial charge in [0, 0.05) is 10.9 Å². The number of hydrogen-bond donors (Lipinski definition) is 3. The molecule has 0 saturated heterocycles. The highest BCUT2D eigenvalue weighted by atomic mass is 35.5. The molecule has 1 spiro atoms. The van der Waals surface area contributed by atoms with Crippen molar-refractivity contribution in [2.45, 2.75) is 42.9 Å². The molecule has 1 heterocycles. The van der Waals surface area contributed by atoms with Gasteiger partial charge in [-0.2, -0.15) is 0 Å². The summed E-state index contributed by atoms with van der Waals surface area (Å²) in [7, 11) is 0. The van der Waals surface area contributed by atoms with Crippen LogP contribution in [0, 0.1) is 11.2 Å². The topological polar surface area (TPSA) is 36.1 Å². The molecular weight excluding hydrogens is 285 g/mol. The van der Waals surface area contributed by atoms with E-state index >= 15 is 0 Å². The van der Waals surface area contributed by atoms with Crippen LogP contribution in [0.15, 0.2) is 17.0 Å². The molecule has 1 aromatic carbocycles. The molecule has 3 aliphatic rings. The van der Waals surface area contributed by atoms with E-state index in [1.165, 1.54) is 43.7 Å². The average molecular weight is 300 g/mol. The number of nitrogens with one attached hydrogen (secondary N) is 3. The number of anilines is 1. The maximum atomic E-state index is 13.4. The molecule has 2 aliphatic carbocycles. The van der Waals surface area contributed by atoms with Crippen molar-refractivity contribution in [1.82, 2.24) is 10.0 Å². The number of fused-ring (bicyclic) bond motifs is 1. The normalized spacial score (nSPS) is 30.4. The van der Waals surface area contributed by atoms with Crippen molar-refractivity contribution < 1.29 is 4.39 Å². The molecule has 0 aromatic heterocycles. The van der Waals surface area contributed by atoms with Gasteiger partial charge in [0.2, 0.25) is 0 Å². The van der Waals surface area contributed by atoms with Gasteiger partial charge in [-0.05, 0) is 48.8 Å². The molecule has 0 radical (unpaired) electrons. The van der Waals surface area contributed by atoms with Crippen LogP contribution in [0.3, 0.4) is 0 Å². The summed E-state index contributed by atoms with van der Waals surface area (Å²) in [6.45, 7) is 0. The van der Waals surface area contributed by atoms with E-state index in [1.807, 2.05) is 0 Å². The second-order valence-corrected chi connectivity index (χ2v) is 6.99. The van der Waals surface area contributed by atoms with E-state index in [-0.39, 0.29) is 17.1 Å². The summed E-state index contributed by atoms with van der Waals surface area (Å²) in [5, 5.41) is 7.07. The Hall–Kier alpha value is -0.490. The van der Waals surface area contributed by atoms with E-state index in [0.29, 0.717) is 11.5 Å². The van der Waals surface area contributed by atoms with Gasteiger partial charge in [-0.25, -0.2) is 9.11 Å². The predicted octanol–water partition coefficient (Wildman–Crippen LogP) is 3.32. The number of halogens is 2. The van der Waals surface area contributed by atoms with Gasteiger partial charge in [-0.3, -0.25) is 5.32 Å². The fourth-order valence-corrected chi connectivity index (χ4v) is 4.00. The quantitative estimate of drug-likeness (QED) is 0.732. The monoisotopic (exact) mass is 299 g/mol. The van der Waals surface area contributed by atoms with Crippen molar-refractivity contribution in [3.05, 3.63) is 23.0 Å². The first-order valence-electron chi connectivity index (χ1n) is 6.60. The Bertz CT molecular complexity index is 535. The van der Waals surface area contributed by atoms with Crippen molar-refractivity contribution in [2.75, 3.05) is 5.32 Å². The van der Waals surface area contributed by atoms with Gasteiger partial charge in [0.25, 0.3) is 0 Å². The van der Waals surface area contributed by atoms with Crippen molar-refractivity contribution in [3.8, 4) is 0 Å². The molecule has 2 unspecified atom stereocenters. The molecular formula is C13H15ClFN3S. The Morgan fingerprint density at radius 1 is 1.42 bits per heavy atom. The summed E-state index contributed by atoms with van der Waals surface area (Å²) in [5.74, 6) is -0.376. The summed E-state index contributed by atoms with van der Waals surface area (Å²) in [4.78, 5) is 0.842. The van der Waals surface area contributed by atoms with Gasteiger partial charge >= 0.3 is 0 Å². The lowest BCUT2D eigenvalue weighted by atomic mass is 9.81. The zero-order valence-corrected chi connectivity index (χ0v) is 11.9. The highest BCUT2D eigenvalue weighted by Crippen LogP contribution is 2.60. The van der Waals surface area contributed by atoms with Gasteiger partial charge in [0.05, 0.1) is 10.7 Å². The molecule has 4 rings (SSSR count). The highest BCUT2D eigenvalue weighted by molar-refractivity contribution is 7.97. The number of rotatable bonds is 2. The summed E-state index contributed by atoms with van der Waals surface area (Å²) in [6.07, 6.45) is 5.39. The lowest BCUT2D eigenvalue weighted by Gasteiger charge is -2.32. The highest BCUT2D eigenvalue weighted by Gasteiger charge is 2.57. The molecule has 2 atom stereocenters. The zero-order valence-electron chi connectivity index (χ0n) is 10.3. The van der Waals surface area contributed by atoms with Crippen LogP contribution in [-0.4, -0.2) is 12.3 Å². The van der Waals surface area contributed by atoms with E-state index in [1.54, 1.807) is 6.07 Å². The molecule has 19 heavy (non-hydrogen) atoms. The smallest absolute Gasteiger partial charge is 0.143 e. The maximum Gasteiger partial charge on any atom is 0.143 e. The molecule has 2 saturated carbocycles. The first-order chi connectivity index (χ1) is 9.16. The molecule has 102 valence electrons. The predicted molar refractivity (Wildman–Crippen MR) is 75.6 cm³/mol. The Kier molecular flexibility index (Phi) is 2.74. The number of benzene rings is 1. The van der Waals surface area contributed by atoms with E-state index in [0.717, 1.165) is 10.6 Å². The first-order valence-corrected chi connectivity index (χ1v) is 7.80. The van der Waals surface area contributed by atoms with Crippen molar-refractivity contribution in [2.24, 2.45) is 5.41 Å². The van der Waals surface area contributed by atoms with Gasteiger partial charge < -0.3 is 5.32 Å². The first kappa shape index (κ1) is 12.3. The van der Waals surface area contributed by atoms with Crippen LogP contribution in [0.4, 0.5) is 10.1 Å². The van der Waals surface area contributed by atoms with E-state index in [9.17, 15) is 4.39 Å². The summed E-state index contributed by atoms with van der Waals surface area (Å²) in [6, 6.07) is 3.73. The van der Waals surface area contributed by atoms with Crippen molar-refractivity contribution in [1.29, 1.82) is 0 Å². The van der Waals surface area contributed by atoms with Crippen LogP contribution < -0.4 is 15.4 Å². The largest absolute Gasteiger partial charge is 0.356 e. The average Bonchev–Trinajstić information content (AvgIpc) is 3.05. The van der Waals surface area contributed by atoms with E-state index in [4.69, 9.17) is 11.6 Å². The Labute approximate surface area is 120 Å². The molecule has 3 nitrogen and oxygen atoms in total. The Balaban J connectivity index is 1.45. The second-order valence-electron chi connectivity index (χ2n) is 5.70. The Morgan fingerprint density at radius 3 is 2.95 bits per heavy atom. The van der Waals surface area contributed by atoms with Gasteiger partial charge in [0.1, 0.15) is 12.1 Å². The lowest BCUT2D eigenvalue weighted by molar-refractivity contribution is 0.260. The van der Waals surface area contributed by atoms with Crippen LogP contribution >= 0.6 is 23.5 Å². The van der Waals surface area contributed by atoms with Crippen LogP contribution in [0.2, 0.25) is 5.02 Å². The van der Waals surface area contributed by atoms with Gasteiger partial charge in [-0.15, -0.1) is 0 Å². The maximum absolute atomic E-state index is 13.4. The molecule has 6 heteroatoms.